The Balaban J connectivity index is 1.93. The van der Waals surface area contributed by atoms with Crippen molar-refractivity contribution >= 4 is 23.8 Å². The van der Waals surface area contributed by atoms with Gasteiger partial charge in [-0.2, -0.15) is 10.4 Å². The van der Waals surface area contributed by atoms with E-state index >= 15 is 0 Å². The van der Waals surface area contributed by atoms with Crippen LogP contribution in [0.2, 0.25) is 5.02 Å². The van der Waals surface area contributed by atoms with Crippen LogP contribution in [-0.2, 0) is 0 Å². The molecule has 3 aromatic rings. The molecule has 1 aromatic heterocycles. The van der Waals surface area contributed by atoms with Gasteiger partial charge >= 0.3 is 0 Å². The maximum Gasteiger partial charge on any atom is 0.270 e. The van der Waals surface area contributed by atoms with Gasteiger partial charge < -0.3 is 4.74 Å². The minimum absolute atomic E-state index is 0.0623. The fourth-order valence-corrected chi connectivity index (χ4v) is 2.72. The van der Waals surface area contributed by atoms with Crippen LogP contribution in [0.5, 0.6) is 5.75 Å². The molecule has 1 heterocycles. The normalized spacial score (nSPS) is 10.6. The average Bonchev–Trinajstić information content (AvgIpc) is 2.70. The molecule has 28 heavy (non-hydrogen) atoms. The second kappa shape index (κ2) is 8.37. The highest BCUT2D eigenvalue weighted by molar-refractivity contribution is 6.31. The highest BCUT2D eigenvalue weighted by atomic mass is 35.5. The lowest BCUT2D eigenvalue weighted by Crippen LogP contribution is -2.16. The lowest BCUT2D eigenvalue weighted by Gasteiger charge is -2.08. The first-order valence-electron chi connectivity index (χ1n) is 8.26. The molecule has 0 spiro atoms. The smallest absolute Gasteiger partial charge is 0.270 e. The summed E-state index contributed by atoms with van der Waals surface area (Å²) in [4.78, 5) is 19.1. The number of hydrazone groups is 1. The van der Waals surface area contributed by atoms with Crippen molar-refractivity contribution in [2.75, 3.05) is 12.5 Å². The van der Waals surface area contributed by atoms with Crippen LogP contribution in [0.4, 0.5) is 5.95 Å². The zero-order valence-electron chi connectivity index (χ0n) is 15.2. The molecule has 8 heteroatoms. The molecular weight excluding hydrogens is 378 g/mol. The van der Waals surface area contributed by atoms with Gasteiger partial charge in [-0.15, -0.1) is 0 Å². The van der Waals surface area contributed by atoms with E-state index in [1.54, 1.807) is 43.5 Å². The number of nitrogens with one attached hydrogen (secondary N) is 2. The van der Waals surface area contributed by atoms with Gasteiger partial charge in [0, 0.05) is 16.1 Å². The van der Waals surface area contributed by atoms with Crippen LogP contribution in [-0.4, -0.2) is 23.3 Å². The Morgan fingerprint density at radius 2 is 2.07 bits per heavy atom. The van der Waals surface area contributed by atoms with Crippen LogP contribution < -0.4 is 15.7 Å². The molecule has 0 radical (unpaired) electrons. The second-order valence-corrected chi connectivity index (χ2v) is 6.24. The van der Waals surface area contributed by atoms with Crippen LogP contribution in [0.15, 0.2) is 52.4 Å². The summed E-state index contributed by atoms with van der Waals surface area (Å²) in [7, 11) is 1.55. The van der Waals surface area contributed by atoms with Crippen molar-refractivity contribution in [3.63, 3.8) is 0 Å². The maximum absolute atomic E-state index is 12.2. The number of benzene rings is 2. The molecular formula is C20H16ClN5O2. The lowest BCUT2D eigenvalue weighted by atomic mass is 10.1. The molecule has 0 aliphatic rings. The molecule has 140 valence electrons. The Hall–Kier alpha value is -3.63. The number of rotatable bonds is 5. The van der Waals surface area contributed by atoms with Crippen molar-refractivity contribution in [1.29, 1.82) is 5.26 Å². The van der Waals surface area contributed by atoms with Gasteiger partial charge in [0.25, 0.3) is 5.56 Å². The summed E-state index contributed by atoms with van der Waals surface area (Å²) in [6, 6.07) is 14.4. The van der Waals surface area contributed by atoms with E-state index in [9.17, 15) is 10.1 Å². The Morgan fingerprint density at radius 3 is 2.75 bits per heavy atom. The highest BCUT2D eigenvalue weighted by Gasteiger charge is 2.13. The minimum Gasteiger partial charge on any atom is -0.496 e. The van der Waals surface area contributed by atoms with Crippen molar-refractivity contribution in [3.05, 3.63) is 74.5 Å². The fraction of sp³-hybridized carbons (Fsp3) is 0.100. The molecule has 0 aliphatic carbocycles. The van der Waals surface area contributed by atoms with Crippen LogP contribution in [0.25, 0.3) is 11.3 Å². The van der Waals surface area contributed by atoms with Gasteiger partial charge in [0.1, 0.15) is 17.4 Å². The third-order valence-corrected chi connectivity index (χ3v) is 4.37. The number of hydrogen-bond donors (Lipinski definition) is 2. The third-order valence-electron chi connectivity index (χ3n) is 3.96. The van der Waals surface area contributed by atoms with Crippen molar-refractivity contribution in [2.24, 2.45) is 5.10 Å². The van der Waals surface area contributed by atoms with E-state index in [0.717, 1.165) is 5.56 Å². The van der Waals surface area contributed by atoms with Crippen LogP contribution in [0, 0.1) is 18.3 Å². The Kier molecular flexibility index (Phi) is 5.72. The van der Waals surface area contributed by atoms with Crippen LogP contribution in [0.3, 0.4) is 0 Å². The number of hydrogen-bond acceptors (Lipinski definition) is 6. The maximum atomic E-state index is 12.2. The summed E-state index contributed by atoms with van der Waals surface area (Å²) in [5, 5.41) is 14.0. The number of aromatic nitrogens is 2. The molecule has 7 nitrogen and oxygen atoms in total. The Labute approximate surface area is 166 Å². The number of ether oxygens (including phenoxy) is 1. The van der Waals surface area contributed by atoms with Gasteiger partial charge in [-0.3, -0.25) is 9.78 Å². The first kappa shape index (κ1) is 19.1. The standard InChI is InChI=1S/C20H16ClN5O2/c1-12-8-17(28-2)14(9-16(12)21)11-23-26-20-24-18(13-6-4-3-5-7-13)15(10-22)19(27)25-20/h3-9,11H,1-2H3,(H2,24,25,26,27). The highest BCUT2D eigenvalue weighted by Crippen LogP contribution is 2.25. The van der Waals surface area contributed by atoms with E-state index in [1.165, 1.54) is 6.21 Å². The van der Waals surface area contributed by atoms with Crippen molar-refractivity contribution < 1.29 is 4.74 Å². The molecule has 0 saturated heterocycles. The molecule has 2 aromatic carbocycles. The number of methoxy groups -OCH3 is 1. The predicted molar refractivity (Wildman–Crippen MR) is 109 cm³/mol. The third kappa shape index (κ3) is 4.03. The van der Waals surface area contributed by atoms with E-state index in [4.69, 9.17) is 16.3 Å². The fourth-order valence-electron chi connectivity index (χ4n) is 2.55. The van der Waals surface area contributed by atoms with Gasteiger partial charge in [0.05, 0.1) is 19.0 Å². The lowest BCUT2D eigenvalue weighted by molar-refractivity contribution is 0.414. The number of aryl methyl sites for hydroxylation is 1. The quantitative estimate of drug-likeness (QED) is 0.508. The number of H-pyrrole nitrogens is 1. The molecule has 3 rings (SSSR count). The van der Waals surface area contributed by atoms with E-state index in [0.29, 0.717) is 21.9 Å². The number of nitriles is 1. The first-order chi connectivity index (χ1) is 13.5. The van der Waals surface area contributed by atoms with Gasteiger partial charge in [0.2, 0.25) is 5.95 Å². The van der Waals surface area contributed by atoms with Crippen molar-refractivity contribution in [2.45, 2.75) is 6.92 Å². The minimum atomic E-state index is -0.551. The monoisotopic (exact) mass is 393 g/mol. The first-order valence-corrected chi connectivity index (χ1v) is 8.64. The topological polar surface area (TPSA) is 103 Å². The van der Waals surface area contributed by atoms with Gasteiger partial charge in [-0.05, 0) is 24.6 Å². The summed E-state index contributed by atoms with van der Waals surface area (Å²) >= 11 is 6.15. The average molecular weight is 394 g/mol. The van der Waals surface area contributed by atoms with Gasteiger partial charge in [-0.25, -0.2) is 10.4 Å². The molecule has 0 unspecified atom stereocenters. The molecule has 0 amide bonds. The number of halogens is 1. The van der Waals surface area contributed by atoms with Crippen LogP contribution >= 0.6 is 11.6 Å². The SMILES string of the molecule is COc1cc(C)c(Cl)cc1C=NNc1nc(-c2ccccc2)c(C#N)c(=O)[nH]1. The molecule has 0 aliphatic heterocycles. The van der Waals surface area contributed by atoms with Crippen molar-refractivity contribution in [1.82, 2.24) is 9.97 Å². The summed E-state index contributed by atoms with van der Waals surface area (Å²) in [6.45, 7) is 1.88. The van der Waals surface area contributed by atoms with E-state index in [1.807, 2.05) is 19.1 Å². The summed E-state index contributed by atoms with van der Waals surface area (Å²) in [6.07, 6.45) is 1.50. The largest absolute Gasteiger partial charge is 0.496 e. The van der Waals surface area contributed by atoms with E-state index in [-0.39, 0.29) is 17.2 Å². The van der Waals surface area contributed by atoms with Gasteiger partial charge in [-0.1, -0.05) is 41.9 Å². The Bertz CT molecular complexity index is 1130. The van der Waals surface area contributed by atoms with E-state index < -0.39 is 5.56 Å². The number of anilines is 1. The zero-order chi connectivity index (χ0) is 20.1. The molecule has 0 bridgehead atoms. The Morgan fingerprint density at radius 1 is 1.32 bits per heavy atom. The molecule has 2 N–H and O–H groups in total. The number of nitrogens with zero attached hydrogens (tertiary/aromatic N) is 3. The van der Waals surface area contributed by atoms with Crippen LogP contribution in [0.1, 0.15) is 16.7 Å². The molecule has 0 saturated carbocycles. The molecule has 0 fully saturated rings. The summed E-state index contributed by atoms with van der Waals surface area (Å²) in [5.74, 6) is 0.718. The summed E-state index contributed by atoms with van der Waals surface area (Å²) in [5.41, 5.74) is 4.54. The zero-order valence-corrected chi connectivity index (χ0v) is 15.9. The van der Waals surface area contributed by atoms with Crippen molar-refractivity contribution in [3.8, 4) is 23.1 Å². The second-order valence-electron chi connectivity index (χ2n) is 5.83. The number of aromatic amines is 1. The van der Waals surface area contributed by atoms with E-state index in [2.05, 4.69) is 20.5 Å². The van der Waals surface area contributed by atoms with Gasteiger partial charge in [0.15, 0.2) is 0 Å². The summed E-state index contributed by atoms with van der Waals surface area (Å²) < 4.78 is 5.32. The predicted octanol–water partition coefficient (Wildman–Crippen LogP) is 3.73. The molecule has 0 atom stereocenters.